The highest BCUT2D eigenvalue weighted by atomic mass is 19.1. The number of carbonyl (C=O) groups is 1. The molecule has 8 heteroatoms. The molecule has 2 N–H and O–H groups in total. The summed E-state index contributed by atoms with van der Waals surface area (Å²) in [6.45, 7) is 1.57. The molecule has 2 aromatic rings. The molecule has 1 aliphatic rings. The smallest absolute Gasteiger partial charge is 0.277 e. The van der Waals surface area contributed by atoms with Gasteiger partial charge in [-0.15, -0.1) is 5.10 Å². The second kappa shape index (κ2) is 5.30. The fraction of sp³-hybridized carbons (Fsp3) is 0.231. The van der Waals surface area contributed by atoms with Crippen molar-refractivity contribution in [1.82, 2.24) is 20.3 Å². The molecule has 2 heterocycles. The van der Waals surface area contributed by atoms with Crippen molar-refractivity contribution < 1.29 is 9.18 Å². The van der Waals surface area contributed by atoms with Crippen LogP contribution in [0.2, 0.25) is 0 Å². The minimum atomic E-state index is -0.669. The van der Waals surface area contributed by atoms with Gasteiger partial charge < -0.3 is 10.6 Å². The number of aromatic nitrogens is 3. The fourth-order valence-electron chi connectivity index (χ4n) is 1.89. The zero-order valence-corrected chi connectivity index (χ0v) is 10.9. The quantitative estimate of drug-likeness (QED) is 0.865. The third-order valence-corrected chi connectivity index (χ3v) is 3.22. The van der Waals surface area contributed by atoms with Crippen LogP contribution >= 0.6 is 0 Å². The Bertz CT molecular complexity index is 731. The van der Waals surface area contributed by atoms with Crippen LogP contribution in [-0.4, -0.2) is 34.0 Å². The number of nitriles is 1. The summed E-state index contributed by atoms with van der Waals surface area (Å²) in [5.74, 6) is -1.21. The Morgan fingerprint density at radius 3 is 2.95 bits per heavy atom. The second-order valence-corrected chi connectivity index (χ2v) is 4.66. The van der Waals surface area contributed by atoms with Gasteiger partial charge in [0, 0.05) is 13.1 Å². The van der Waals surface area contributed by atoms with E-state index in [2.05, 4.69) is 20.9 Å². The number of hydrogen-bond acceptors (Lipinski definition) is 5. The van der Waals surface area contributed by atoms with Crippen LogP contribution in [0.25, 0.3) is 0 Å². The number of carbonyl (C=O) groups excluding carboxylic acids is 1. The van der Waals surface area contributed by atoms with Crippen LogP contribution in [0, 0.1) is 17.1 Å². The molecule has 0 spiro atoms. The van der Waals surface area contributed by atoms with Gasteiger partial charge in [-0.3, -0.25) is 4.79 Å². The molecule has 0 bridgehead atoms. The lowest BCUT2D eigenvalue weighted by Gasteiger charge is -2.26. The Hall–Kier alpha value is -2.79. The van der Waals surface area contributed by atoms with Crippen molar-refractivity contribution in [3.05, 3.63) is 41.5 Å². The Labute approximate surface area is 119 Å². The zero-order valence-electron chi connectivity index (χ0n) is 10.9. The first-order valence-corrected chi connectivity index (χ1v) is 6.31. The van der Waals surface area contributed by atoms with Gasteiger partial charge in [0.2, 0.25) is 0 Å². The van der Waals surface area contributed by atoms with Crippen LogP contribution in [0.4, 0.5) is 10.1 Å². The van der Waals surface area contributed by atoms with Gasteiger partial charge in [-0.2, -0.15) is 5.26 Å². The van der Waals surface area contributed by atoms with Crippen molar-refractivity contribution in [2.24, 2.45) is 0 Å². The van der Waals surface area contributed by atoms with Crippen LogP contribution in [0.3, 0.4) is 0 Å². The van der Waals surface area contributed by atoms with Crippen molar-refractivity contribution in [3.63, 3.8) is 0 Å². The number of halogens is 1. The van der Waals surface area contributed by atoms with Crippen LogP contribution < -0.4 is 10.6 Å². The Kier molecular flexibility index (Phi) is 3.33. The second-order valence-electron chi connectivity index (χ2n) is 4.66. The number of hydrogen-bond donors (Lipinski definition) is 2. The summed E-state index contributed by atoms with van der Waals surface area (Å²) < 4.78 is 15.3. The predicted octanol–water partition coefficient (Wildman–Crippen LogP) is 0.685. The number of nitrogens with one attached hydrogen (secondary N) is 2. The van der Waals surface area contributed by atoms with Crippen LogP contribution in [0.15, 0.2) is 24.4 Å². The third kappa shape index (κ3) is 2.59. The molecule has 1 aromatic heterocycles. The monoisotopic (exact) mass is 286 g/mol. The predicted molar refractivity (Wildman–Crippen MR) is 71.0 cm³/mol. The number of rotatable bonds is 3. The maximum Gasteiger partial charge on any atom is 0.277 e. The lowest BCUT2D eigenvalue weighted by atomic mass is 10.2. The molecule has 3 rings (SSSR count). The maximum absolute atomic E-state index is 13.7. The minimum absolute atomic E-state index is 0.00105. The minimum Gasteiger partial charge on any atom is -0.318 e. The van der Waals surface area contributed by atoms with Gasteiger partial charge in [0.05, 0.1) is 29.6 Å². The Morgan fingerprint density at radius 1 is 1.52 bits per heavy atom. The SMILES string of the molecule is N#Cc1ccc(NC(=O)c2cn(C3CNC3)nn2)c(F)c1. The number of amides is 1. The summed E-state index contributed by atoms with van der Waals surface area (Å²) in [7, 11) is 0. The molecule has 0 saturated carbocycles. The van der Waals surface area contributed by atoms with Gasteiger partial charge >= 0.3 is 0 Å². The molecular formula is C13H11FN6O. The lowest BCUT2D eigenvalue weighted by Crippen LogP contribution is -2.43. The van der Waals surface area contributed by atoms with E-state index in [-0.39, 0.29) is 23.0 Å². The maximum atomic E-state index is 13.7. The first-order valence-electron chi connectivity index (χ1n) is 6.31. The van der Waals surface area contributed by atoms with Gasteiger partial charge in [0.25, 0.3) is 5.91 Å². The van der Waals surface area contributed by atoms with Crippen LogP contribution in [-0.2, 0) is 0 Å². The largest absolute Gasteiger partial charge is 0.318 e. The molecule has 1 fully saturated rings. The molecule has 0 aliphatic carbocycles. The Morgan fingerprint density at radius 2 is 2.33 bits per heavy atom. The molecule has 1 aliphatic heterocycles. The highest BCUT2D eigenvalue weighted by Gasteiger charge is 2.22. The van der Waals surface area contributed by atoms with E-state index in [9.17, 15) is 9.18 Å². The number of benzene rings is 1. The van der Waals surface area contributed by atoms with Crippen LogP contribution in [0.5, 0.6) is 0 Å². The van der Waals surface area contributed by atoms with E-state index in [0.717, 1.165) is 19.2 Å². The van der Waals surface area contributed by atoms with Gasteiger partial charge in [-0.05, 0) is 18.2 Å². The van der Waals surface area contributed by atoms with Crippen molar-refractivity contribution in [2.75, 3.05) is 18.4 Å². The molecule has 1 saturated heterocycles. The molecule has 21 heavy (non-hydrogen) atoms. The molecule has 7 nitrogen and oxygen atoms in total. The van der Waals surface area contributed by atoms with E-state index in [1.165, 1.54) is 18.3 Å². The van der Waals surface area contributed by atoms with Crippen molar-refractivity contribution in [2.45, 2.75) is 6.04 Å². The molecular weight excluding hydrogens is 275 g/mol. The van der Waals surface area contributed by atoms with E-state index in [1.54, 1.807) is 4.68 Å². The number of nitrogens with zero attached hydrogens (tertiary/aromatic N) is 4. The lowest BCUT2D eigenvalue weighted by molar-refractivity contribution is 0.102. The normalized spacial score (nSPS) is 14.3. The molecule has 0 atom stereocenters. The highest BCUT2D eigenvalue weighted by Crippen LogP contribution is 2.16. The van der Waals surface area contributed by atoms with E-state index < -0.39 is 11.7 Å². The summed E-state index contributed by atoms with van der Waals surface area (Å²) in [5, 5.41) is 21.8. The van der Waals surface area contributed by atoms with E-state index in [4.69, 9.17) is 5.26 Å². The van der Waals surface area contributed by atoms with Gasteiger partial charge in [-0.1, -0.05) is 5.21 Å². The molecule has 0 radical (unpaired) electrons. The average Bonchev–Trinajstić information content (AvgIpc) is 2.88. The first kappa shape index (κ1) is 13.2. The standard InChI is InChI=1S/C13H11FN6O/c14-10-3-8(4-15)1-2-11(10)17-13(21)12-7-20(19-18-12)9-5-16-6-9/h1-3,7,9,16H,5-6H2,(H,17,21). The average molecular weight is 286 g/mol. The molecule has 1 amide bonds. The van der Waals surface area contributed by atoms with E-state index in [0.29, 0.717) is 0 Å². The summed E-state index contributed by atoms with van der Waals surface area (Å²) >= 11 is 0. The van der Waals surface area contributed by atoms with E-state index in [1.807, 2.05) is 6.07 Å². The topological polar surface area (TPSA) is 95.6 Å². The third-order valence-electron chi connectivity index (χ3n) is 3.22. The molecule has 0 unspecified atom stereocenters. The van der Waals surface area contributed by atoms with E-state index >= 15 is 0 Å². The van der Waals surface area contributed by atoms with Crippen molar-refractivity contribution in [3.8, 4) is 6.07 Å². The summed E-state index contributed by atoms with van der Waals surface area (Å²) in [6, 6.07) is 5.85. The fourth-order valence-corrected chi connectivity index (χ4v) is 1.89. The van der Waals surface area contributed by atoms with Gasteiger partial charge in [0.15, 0.2) is 5.69 Å². The van der Waals surface area contributed by atoms with Crippen molar-refractivity contribution >= 4 is 11.6 Å². The van der Waals surface area contributed by atoms with Crippen LogP contribution in [0.1, 0.15) is 22.1 Å². The summed E-state index contributed by atoms with van der Waals surface area (Å²) in [5.41, 5.74) is 0.304. The van der Waals surface area contributed by atoms with Gasteiger partial charge in [-0.25, -0.2) is 9.07 Å². The molecule has 1 aromatic carbocycles. The number of anilines is 1. The molecule has 106 valence electrons. The summed E-state index contributed by atoms with van der Waals surface area (Å²) in [6.07, 6.45) is 1.53. The first-order chi connectivity index (χ1) is 10.2. The van der Waals surface area contributed by atoms with Gasteiger partial charge in [0.1, 0.15) is 5.82 Å². The summed E-state index contributed by atoms with van der Waals surface area (Å²) in [4.78, 5) is 12.0. The Balaban J connectivity index is 1.74. The highest BCUT2D eigenvalue weighted by molar-refractivity contribution is 6.02. The zero-order chi connectivity index (χ0) is 14.8. The van der Waals surface area contributed by atoms with Crippen molar-refractivity contribution in [1.29, 1.82) is 5.26 Å².